The third-order valence-corrected chi connectivity index (χ3v) is 4.37. The van der Waals surface area contributed by atoms with Crippen LogP contribution in [0.2, 0.25) is 0 Å². The van der Waals surface area contributed by atoms with Gasteiger partial charge < -0.3 is 19.7 Å². The lowest BCUT2D eigenvalue weighted by Crippen LogP contribution is -2.42. The Bertz CT molecular complexity index is 642. The third kappa shape index (κ3) is 7.82. The lowest BCUT2D eigenvalue weighted by molar-refractivity contribution is -0.137. The minimum Gasteiger partial charge on any atom is -0.484 e. The molecule has 0 atom stereocenters. The predicted octanol–water partition coefficient (Wildman–Crippen LogP) is -0.437. The van der Waals surface area contributed by atoms with Crippen molar-refractivity contribution in [1.29, 1.82) is 0 Å². The lowest BCUT2D eigenvalue weighted by atomic mass is 10.2. The van der Waals surface area contributed by atoms with Crippen molar-refractivity contribution >= 4 is 15.9 Å². The molecule has 1 aliphatic rings. The number of morpholine rings is 1. The zero-order chi connectivity index (χ0) is 18.1. The summed E-state index contributed by atoms with van der Waals surface area (Å²) in [4.78, 5) is 13.7. The quantitative estimate of drug-likeness (QED) is 0.572. The van der Waals surface area contributed by atoms with E-state index in [1.54, 1.807) is 4.90 Å². The maximum absolute atomic E-state index is 12.0. The molecule has 25 heavy (non-hydrogen) atoms. The van der Waals surface area contributed by atoms with Crippen LogP contribution in [0.1, 0.15) is 5.56 Å². The molecule has 1 aliphatic heterocycles. The molecule has 0 saturated carbocycles. The number of sulfonamides is 1. The zero-order valence-corrected chi connectivity index (χ0v) is 15.2. The summed E-state index contributed by atoms with van der Waals surface area (Å²) in [6.07, 6.45) is 1.13. The van der Waals surface area contributed by atoms with Crippen LogP contribution in [-0.4, -0.2) is 71.5 Å². The molecule has 140 valence electrons. The molecule has 1 aromatic carbocycles. The molecule has 1 saturated heterocycles. The van der Waals surface area contributed by atoms with Gasteiger partial charge in [-0.1, -0.05) is 12.1 Å². The highest BCUT2D eigenvalue weighted by Crippen LogP contribution is 2.12. The van der Waals surface area contributed by atoms with Gasteiger partial charge in [-0.2, -0.15) is 0 Å². The van der Waals surface area contributed by atoms with Crippen molar-refractivity contribution in [2.24, 2.45) is 0 Å². The molecule has 1 fully saturated rings. The number of amides is 1. The first-order valence-electron chi connectivity index (χ1n) is 8.17. The highest BCUT2D eigenvalue weighted by Gasteiger charge is 2.16. The fourth-order valence-electron chi connectivity index (χ4n) is 2.31. The third-order valence-electron chi connectivity index (χ3n) is 3.64. The molecule has 0 spiro atoms. The van der Waals surface area contributed by atoms with Crippen LogP contribution in [-0.2, 0) is 26.1 Å². The van der Waals surface area contributed by atoms with Gasteiger partial charge in [-0.25, -0.2) is 13.1 Å². The number of carbonyl (C=O) groups is 1. The second-order valence-corrected chi connectivity index (χ2v) is 7.60. The summed E-state index contributed by atoms with van der Waals surface area (Å²) >= 11 is 0. The van der Waals surface area contributed by atoms with E-state index in [0.717, 1.165) is 11.8 Å². The van der Waals surface area contributed by atoms with Crippen molar-refractivity contribution in [3.05, 3.63) is 29.8 Å². The number of rotatable bonds is 9. The number of hydrogen-bond donors (Lipinski definition) is 2. The number of carbonyl (C=O) groups excluding carboxylic acids is 1. The van der Waals surface area contributed by atoms with Gasteiger partial charge in [0.2, 0.25) is 10.0 Å². The second kappa shape index (κ2) is 9.71. The summed E-state index contributed by atoms with van der Waals surface area (Å²) in [6, 6.07) is 7.45. The predicted molar refractivity (Wildman–Crippen MR) is 93.9 cm³/mol. The first kappa shape index (κ1) is 19.6. The highest BCUT2D eigenvalue weighted by molar-refractivity contribution is 7.88. The number of ether oxygens (including phenoxy) is 2. The van der Waals surface area contributed by atoms with Crippen LogP contribution in [0.5, 0.6) is 5.75 Å². The van der Waals surface area contributed by atoms with Crippen molar-refractivity contribution in [1.82, 2.24) is 14.9 Å². The Morgan fingerprint density at radius 3 is 2.52 bits per heavy atom. The summed E-state index contributed by atoms with van der Waals surface area (Å²) in [5.74, 6) is 0.608. The Hall–Kier alpha value is -1.68. The topological polar surface area (TPSA) is 97.0 Å². The fraction of sp³-hybridized carbons (Fsp3) is 0.562. The Labute approximate surface area is 148 Å². The molecule has 0 bridgehead atoms. The van der Waals surface area contributed by atoms with Gasteiger partial charge in [0.05, 0.1) is 19.5 Å². The van der Waals surface area contributed by atoms with Gasteiger partial charge in [-0.15, -0.1) is 0 Å². The highest BCUT2D eigenvalue weighted by atomic mass is 32.2. The zero-order valence-electron chi connectivity index (χ0n) is 14.4. The maximum Gasteiger partial charge on any atom is 0.260 e. The van der Waals surface area contributed by atoms with E-state index < -0.39 is 10.0 Å². The Morgan fingerprint density at radius 2 is 1.88 bits per heavy atom. The number of hydrogen-bond acceptors (Lipinski definition) is 6. The van der Waals surface area contributed by atoms with Gasteiger partial charge in [0.25, 0.3) is 5.91 Å². The molecule has 0 aliphatic carbocycles. The van der Waals surface area contributed by atoms with Crippen LogP contribution < -0.4 is 14.8 Å². The summed E-state index contributed by atoms with van der Waals surface area (Å²) in [7, 11) is -3.14. The van der Waals surface area contributed by atoms with Crippen molar-refractivity contribution in [2.45, 2.75) is 6.54 Å². The maximum atomic E-state index is 12.0. The Balaban J connectivity index is 1.66. The van der Waals surface area contributed by atoms with Gasteiger partial charge in [-0.3, -0.25) is 4.79 Å². The largest absolute Gasteiger partial charge is 0.484 e. The van der Waals surface area contributed by atoms with Crippen LogP contribution in [0.4, 0.5) is 0 Å². The Morgan fingerprint density at radius 1 is 1.20 bits per heavy atom. The molecule has 0 radical (unpaired) electrons. The number of nitrogens with one attached hydrogen (secondary N) is 2. The van der Waals surface area contributed by atoms with Gasteiger partial charge in [0, 0.05) is 32.7 Å². The molecule has 1 heterocycles. The number of nitrogens with zero attached hydrogens (tertiary/aromatic N) is 1. The SMILES string of the molecule is CS(=O)(=O)NCCNCc1ccc(OCC(=O)N2CCOCC2)cc1. The van der Waals surface area contributed by atoms with Crippen LogP contribution in [0.15, 0.2) is 24.3 Å². The van der Waals surface area contributed by atoms with E-state index in [4.69, 9.17) is 9.47 Å². The van der Waals surface area contributed by atoms with Crippen LogP contribution in [0.25, 0.3) is 0 Å². The van der Waals surface area contributed by atoms with Crippen molar-refractivity contribution in [3.63, 3.8) is 0 Å². The molecular weight excluding hydrogens is 346 g/mol. The van der Waals surface area contributed by atoms with E-state index in [-0.39, 0.29) is 12.5 Å². The second-order valence-electron chi connectivity index (χ2n) is 5.77. The number of benzene rings is 1. The summed E-state index contributed by atoms with van der Waals surface area (Å²) in [5, 5.41) is 3.15. The standard InChI is InChI=1S/C16H25N3O5S/c1-25(21,22)18-7-6-17-12-14-2-4-15(5-3-14)24-13-16(20)19-8-10-23-11-9-19/h2-5,17-18H,6-13H2,1H3. The minimum absolute atomic E-state index is 0.0226. The van der Waals surface area contributed by atoms with E-state index in [9.17, 15) is 13.2 Å². The smallest absolute Gasteiger partial charge is 0.260 e. The van der Waals surface area contributed by atoms with Crippen LogP contribution in [0.3, 0.4) is 0 Å². The molecule has 9 heteroatoms. The van der Waals surface area contributed by atoms with Crippen molar-refractivity contribution in [3.8, 4) is 5.75 Å². The minimum atomic E-state index is -3.14. The Kier molecular flexibility index (Phi) is 7.63. The monoisotopic (exact) mass is 371 g/mol. The summed E-state index contributed by atoms with van der Waals surface area (Å²) in [5.41, 5.74) is 1.05. The average molecular weight is 371 g/mol. The fourth-order valence-corrected chi connectivity index (χ4v) is 2.78. The molecule has 2 N–H and O–H groups in total. The normalized spacial score (nSPS) is 15.2. The van der Waals surface area contributed by atoms with Crippen molar-refractivity contribution < 1.29 is 22.7 Å². The molecule has 2 rings (SSSR count). The molecule has 0 unspecified atom stereocenters. The van der Waals surface area contributed by atoms with E-state index >= 15 is 0 Å². The van der Waals surface area contributed by atoms with Crippen molar-refractivity contribution in [2.75, 3.05) is 52.3 Å². The molecule has 1 aromatic rings. The lowest BCUT2D eigenvalue weighted by Gasteiger charge is -2.26. The van der Waals surface area contributed by atoms with Crippen LogP contribution >= 0.6 is 0 Å². The van der Waals surface area contributed by atoms with E-state index in [1.165, 1.54) is 0 Å². The van der Waals surface area contributed by atoms with Gasteiger partial charge in [0.15, 0.2) is 6.61 Å². The van der Waals surface area contributed by atoms with E-state index in [1.807, 2.05) is 24.3 Å². The molecule has 0 aromatic heterocycles. The first-order valence-corrected chi connectivity index (χ1v) is 10.1. The molecule has 1 amide bonds. The summed E-state index contributed by atoms with van der Waals surface area (Å²) in [6.45, 7) is 3.92. The van der Waals surface area contributed by atoms with E-state index in [2.05, 4.69) is 10.0 Å². The molecular formula is C16H25N3O5S. The average Bonchev–Trinajstić information content (AvgIpc) is 2.60. The van der Waals surface area contributed by atoms with Gasteiger partial charge in [-0.05, 0) is 17.7 Å². The van der Waals surface area contributed by atoms with Gasteiger partial charge >= 0.3 is 0 Å². The van der Waals surface area contributed by atoms with E-state index in [0.29, 0.717) is 51.7 Å². The molecule has 8 nitrogen and oxygen atoms in total. The van der Waals surface area contributed by atoms with Crippen LogP contribution in [0, 0.1) is 0 Å². The summed E-state index contributed by atoms with van der Waals surface area (Å²) < 4.78 is 35.0. The van der Waals surface area contributed by atoms with Gasteiger partial charge in [0.1, 0.15) is 5.75 Å². The first-order chi connectivity index (χ1) is 11.9.